The first-order valence-electron chi connectivity index (χ1n) is 7.07. The molecule has 0 aliphatic heterocycles. The highest BCUT2D eigenvalue weighted by Crippen LogP contribution is 2.39. The Balaban J connectivity index is 2.29. The molecule has 0 radical (unpaired) electrons. The molecule has 0 saturated heterocycles. The second-order valence-electron chi connectivity index (χ2n) is 5.02. The molecule has 0 spiro atoms. The molecule has 2 aromatic heterocycles. The number of aryl methyl sites for hydroxylation is 1. The van der Waals surface area contributed by atoms with Crippen molar-refractivity contribution in [3.63, 3.8) is 0 Å². The van der Waals surface area contributed by atoms with E-state index in [4.69, 9.17) is 35.4 Å². The fourth-order valence-electron chi connectivity index (χ4n) is 2.26. The van der Waals surface area contributed by atoms with E-state index in [-0.39, 0.29) is 0 Å². The lowest BCUT2D eigenvalue weighted by Gasteiger charge is -2.15. The molecule has 2 heterocycles. The molecule has 1 aromatic carbocycles. The number of fused-ring (bicyclic) bond motifs is 1. The van der Waals surface area contributed by atoms with Crippen molar-refractivity contribution in [2.24, 2.45) is 0 Å². The number of hydrogen-bond donors (Lipinski definition) is 2. The minimum Gasteiger partial charge on any atom is -0.365 e. The number of hydrogen-bond acceptors (Lipinski definition) is 4. The van der Waals surface area contributed by atoms with Crippen LogP contribution in [0.3, 0.4) is 0 Å². The van der Waals surface area contributed by atoms with Crippen molar-refractivity contribution in [2.45, 2.75) is 6.92 Å². The standard InChI is InChI=1S/C16H13Cl2N5S/c1-8-20-7-9-6-10(13-11(17)4-3-5-12(13)18)15(22-14(9)21-8)23-16(24)19-2/h3-7H,1-2H3,(H2,19,20,21,22,23,24). The maximum absolute atomic E-state index is 6.36. The van der Waals surface area contributed by atoms with Gasteiger partial charge in [0.1, 0.15) is 11.6 Å². The van der Waals surface area contributed by atoms with Crippen LogP contribution in [0, 0.1) is 6.92 Å². The average molecular weight is 378 g/mol. The monoisotopic (exact) mass is 377 g/mol. The third kappa shape index (κ3) is 3.26. The first kappa shape index (κ1) is 16.8. The summed E-state index contributed by atoms with van der Waals surface area (Å²) in [6.07, 6.45) is 1.72. The summed E-state index contributed by atoms with van der Waals surface area (Å²) in [5, 5.41) is 8.18. The molecule has 0 saturated carbocycles. The van der Waals surface area contributed by atoms with Crippen LogP contribution >= 0.6 is 35.4 Å². The molecule has 0 aliphatic carbocycles. The van der Waals surface area contributed by atoms with Crippen molar-refractivity contribution in [3.8, 4) is 11.1 Å². The summed E-state index contributed by atoms with van der Waals surface area (Å²) in [6.45, 7) is 1.81. The normalized spacial score (nSPS) is 10.7. The summed E-state index contributed by atoms with van der Waals surface area (Å²) in [7, 11) is 1.73. The van der Waals surface area contributed by atoms with Crippen LogP contribution in [0.15, 0.2) is 30.5 Å². The molecule has 0 atom stereocenters. The van der Waals surface area contributed by atoms with Gasteiger partial charge in [-0.25, -0.2) is 15.0 Å². The van der Waals surface area contributed by atoms with E-state index in [1.165, 1.54) is 0 Å². The van der Waals surface area contributed by atoms with Crippen molar-refractivity contribution in [3.05, 3.63) is 46.3 Å². The molecule has 5 nitrogen and oxygen atoms in total. The van der Waals surface area contributed by atoms with Crippen LogP contribution in [0.5, 0.6) is 0 Å². The molecular formula is C16H13Cl2N5S. The van der Waals surface area contributed by atoms with E-state index in [0.717, 1.165) is 10.9 Å². The highest BCUT2D eigenvalue weighted by molar-refractivity contribution is 7.80. The van der Waals surface area contributed by atoms with Crippen LogP contribution in [0.2, 0.25) is 10.0 Å². The van der Waals surface area contributed by atoms with Crippen LogP contribution in [0.1, 0.15) is 5.82 Å². The van der Waals surface area contributed by atoms with Crippen molar-refractivity contribution in [1.82, 2.24) is 20.3 Å². The SMILES string of the molecule is CNC(=S)Nc1nc2nc(C)ncc2cc1-c1c(Cl)cccc1Cl. The van der Waals surface area contributed by atoms with E-state index in [9.17, 15) is 0 Å². The molecular weight excluding hydrogens is 365 g/mol. The van der Waals surface area contributed by atoms with Gasteiger partial charge >= 0.3 is 0 Å². The zero-order valence-corrected chi connectivity index (χ0v) is 15.2. The third-order valence-electron chi connectivity index (χ3n) is 3.38. The average Bonchev–Trinajstić information content (AvgIpc) is 2.55. The Morgan fingerprint density at radius 1 is 1.17 bits per heavy atom. The second kappa shape index (κ2) is 6.84. The molecule has 2 N–H and O–H groups in total. The van der Waals surface area contributed by atoms with Crippen molar-refractivity contribution in [2.75, 3.05) is 12.4 Å². The molecule has 3 rings (SSSR count). The minimum absolute atomic E-state index is 0.428. The summed E-state index contributed by atoms with van der Waals surface area (Å²) in [4.78, 5) is 13.2. The molecule has 0 aliphatic rings. The Morgan fingerprint density at radius 3 is 2.54 bits per heavy atom. The zero-order chi connectivity index (χ0) is 17.3. The van der Waals surface area contributed by atoms with E-state index in [2.05, 4.69) is 25.6 Å². The molecule has 24 heavy (non-hydrogen) atoms. The first-order valence-corrected chi connectivity index (χ1v) is 8.23. The van der Waals surface area contributed by atoms with Crippen molar-refractivity contribution < 1.29 is 0 Å². The lowest BCUT2D eigenvalue weighted by molar-refractivity contribution is 1.07. The predicted octanol–water partition coefficient (Wildman–Crippen LogP) is 4.22. The van der Waals surface area contributed by atoms with Crippen LogP contribution < -0.4 is 10.6 Å². The maximum atomic E-state index is 6.36. The second-order valence-corrected chi connectivity index (χ2v) is 6.24. The van der Waals surface area contributed by atoms with Gasteiger partial charge in [0, 0.05) is 29.8 Å². The van der Waals surface area contributed by atoms with E-state index < -0.39 is 0 Å². The topological polar surface area (TPSA) is 62.7 Å². The van der Waals surface area contributed by atoms with Gasteiger partial charge in [0.25, 0.3) is 0 Å². The van der Waals surface area contributed by atoms with E-state index in [1.54, 1.807) is 31.4 Å². The number of aromatic nitrogens is 3. The van der Waals surface area contributed by atoms with Gasteiger partial charge in [0.2, 0.25) is 0 Å². The first-order chi connectivity index (χ1) is 11.5. The maximum Gasteiger partial charge on any atom is 0.171 e. The number of thiocarbonyl (C=S) groups is 1. The van der Waals surface area contributed by atoms with E-state index in [1.807, 2.05) is 13.0 Å². The molecule has 0 fully saturated rings. The van der Waals surface area contributed by atoms with Crippen LogP contribution in [-0.2, 0) is 0 Å². The van der Waals surface area contributed by atoms with Crippen molar-refractivity contribution >= 4 is 57.4 Å². The molecule has 0 unspecified atom stereocenters. The predicted molar refractivity (Wildman–Crippen MR) is 103 cm³/mol. The zero-order valence-electron chi connectivity index (χ0n) is 12.9. The minimum atomic E-state index is 0.428. The summed E-state index contributed by atoms with van der Waals surface area (Å²) in [5.74, 6) is 1.16. The fourth-order valence-corrected chi connectivity index (χ4v) is 2.96. The van der Waals surface area contributed by atoms with Crippen LogP contribution in [0.25, 0.3) is 22.2 Å². The van der Waals surface area contributed by atoms with Gasteiger partial charge < -0.3 is 10.6 Å². The van der Waals surface area contributed by atoms with Crippen LogP contribution in [-0.4, -0.2) is 27.1 Å². The number of nitrogens with zero attached hydrogens (tertiary/aromatic N) is 3. The Hall–Kier alpha value is -2.02. The number of halogens is 2. The highest BCUT2D eigenvalue weighted by Gasteiger charge is 2.16. The summed E-state index contributed by atoms with van der Waals surface area (Å²) in [6, 6.07) is 7.24. The Kier molecular flexibility index (Phi) is 4.80. The fraction of sp³-hybridized carbons (Fsp3) is 0.125. The Bertz CT molecular complexity index is 925. The number of benzene rings is 1. The number of nitrogens with one attached hydrogen (secondary N) is 2. The number of rotatable bonds is 2. The lowest BCUT2D eigenvalue weighted by atomic mass is 10.0. The molecule has 0 bridgehead atoms. The van der Waals surface area contributed by atoms with Gasteiger partial charge in [0.15, 0.2) is 10.8 Å². The quantitative estimate of drug-likeness (QED) is 0.651. The number of anilines is 1. The van der Waals surface area contributed by atoms with Crippen molar-refractivity contribution in [1.29, 1.82) is 0 Å². The molecule has 122 valence electrons. The summed E-state index contributed by atoms with van der Waals surface area (Å²) >= 11 is 17.9. The molecule has 3 aromatic rings. The van der Waals surface area contributed by atoms with Gasteiger partial charge in [-0.1, -0.05) is 29.3 Å². The van der Waals surface area contributed by atoms with Gasteiger partial charge in [-0.15, -0.1) is 0 Å². The van der Waals surface area contributed by atoms with E-state index in [0.29, 0.717) is 38.0 Å². The molecule has 8 heteroatoms. The highest BCUT2D eigenvalue weighted by atomic mass is 35.5. The Labute approximate surface area is 154 Å². The van der Waals surface area contributed by atoms with Gasteiger partial charge in [-0.05, 0) is 37.3 Å². The van der Waals surface area contributed by atoms with Gasteiger partial charge in [0.05, 0.1) is 10.0 Å². The van der Waals surface area contributed by atoms with Crippen LogP contribution in [0.4, 0.5) is 5.82 Å². The summed E-state index contributed by atoms with van der Waals surface area (Å²) < 4.78 is 0. The summed E-state index contributed by atoms with van der Waals surface area (Å²) in [5.41, 5.74) is 1.97. The lowest BCUT2D eigenvalue weighted by Crippen LogP contribution is -2.25. The van der Waals surface area contributed by atoms with Gasteiger partial charge in [-0.3, -0.25) is 0 Å². The van der Waals surface area contributed by atoms with Gasteiger partial charge in [-0.2, -0.15) is 0 Å². The molecule has 0 amide bonds. The van der Waals surface area contributed by atoms with E-state index >= 15 is 0 Å². The number of pyridine rings is 1. The largest absolute Gasteiger partial charge is 0.365 e. The smallest absolute Gasteiger partial charge is 0.171 e. The third-order valence-corrected chi connectivity index (χ3v) is 4.32. The Morgan fingerprint density at radius 2 is 1.88 bits per heavy atom.